The monoisotopic (exact) mass is 451 g/mol. The standard InChI is InChI=1S/C23H31F2N3O2S/c1-6-7-18(27-20(29)10-15-8-16(24)11-17(25)9-15)21(30)28-22-26-13-19(31-22)14(2)12-23(3,4)5/h8-9,11,13-14,18H,6-7,10,12H2,1-5H3,(H,27,29)(H,26,28,30)/t14?,18-/m0/s1. The predicted molar refractivity (Wildman–Crippen MR) is 120 cm³/mol. The fourth-order valence-corrected chi connectivity index (χ4v) is 4.36. The molecule has 2 aromatic rings. The van der Waals surface area contributed by atoms with E-state index in [1.165, 1.54) is 11.3 Å². The van der Waals surface area contributed by atoms with Crippen molar-refractivity contribution in [3.63, 3.8) is 0 Å². The molecule has 2 N–H and O–H groups in total. The van der Waals surface area contributed by atoms with E-state index in [4.69, 9.17) is 0 Å². The summed E-state index contributed by atoms with van der Waals surface area (Å²) in [5.41, 5.74) is 0.400. The van der Waals surface area contributed by atoms with Crippen molar-refractivity contribution in [3.8, 4) is 0 Å². The van der Waals surface area contributed by atoms with Crippen molar-refractivity contribution in [1.29, 1.82) is 0 Å². The largest absolute Gasteiger partial charge is 0.344 e. The molecule has 0 radical (unpaired) electrons. The van der Waals surface area contributed by atoms with Crippen LogP contribution in [0.3, 0.4) is 0 Å². The molecule has 8 heteroatoms. The first-order chi connectivity index (χ1) is 14.5. The van der Waals surface area contributed by atoms with E-state index in [9.17, 15) is 18.4 Å². The Hall–Kier alpha value is -2.35. The maximum absolute atomic E-state index is 13.3. The van der Waals surface area contributed by atoms with Crippen LogP contribution in [0.2, 0.25) is 0 Å². The summed E-state index contributed by atoms with van der Waals surface area (Å²) in [5, 5.41) is 5.94. The third-order valence-corrected chi connectivity index (χ3v) is 5.82. The molecule has 0 bridgehead atoms. The molecule has 1 unspecified atom stereocenters. The fraction of sp³-hybridized carbons (Fsp3) is 0.522. The number of carbonyl (C=O) groups excluding carboxylic acids is 2. The molecule has 2 amide bonds. The second-order valence-electron chi connectivity index (χ2n) is 9.09. The van der Waals surface area contributed by atoms with Crippen LogP contribution in [0.4, 0.5) is 13.9 Å². The van der Waals surface area contributed by atoms with Gasteiger partial charge in [-0.05, 0) is 41.9 Å². The first kappa shape index (κ1) is 24.9. The highest BCUT2D eigenvalue weighted by atomic mass is 32.1. The zero-order valence-corrected chi connectivity index (χ0v) is 19.5. The van der Waals surface area contributed by atoms with Crippen LogP contribution in [0.25, 0.3) is 0 Å². The smallest absolute Gasteiger partial charge is 0.248 e. The average molecular weight is 452 g/mol. The van der Waals surface area contributed by atoms with Crippen LogP contribution < -0.4 is 10.6 Å². The zero-order chi connectivity index (χ0) is 23.2. The van der Waals surface area contributed by atoms with Crippen molar-refractivity contribution in [1.82, 2.24) is 10.3 Å². The Morgan fingerprint density at radius 3 is 2.39 bits per heavy atom. The molecule has 0 aliphatic rings. The van der Waals surface area contributed by atoms with Crippen LogP contribution in [0.15, 0.2) is 24.4 Å². The van der Waals surface area contributed by atoms with E-state index in [0.29, 0.717) is 23.9 Å². The first-order valence-electron chi connectivity index (χ1n) is 10.5. The van der Waals surface area contributed by atoms with E-state index in [2.05, 4.69) is 43.3 Å². The lowest BCUT2D eigenvalue weighted by Crippen LogP contribution is -2.44. The molecule has 0 fully saturated rings. The Bertz CT molecular complexity index is 888. The van der Waals surface area contributed by atoms with Crippen molar-refractivity contribution >= 4 is 28.3 Å². The van der Waals surface area contributed by atoms with Crippen molar-refractivity contribution in [2.45, 2.75) is 72.3 Å². The molecule has 5 nitrogen and oxygen atoms in total. The number of nitrogens with zero attached hydrogens (tertiary/aromatic N) is 1. The summed E-state index contributed by atoms with van der Waals surface area (Å²) in [6.07, 6.45) is 3.68. The number of carbonyl (C=O) groups is 2. The van der Waals surface area contributed by atoms with Gasteiger partial charge in [-0.2, -0.15) is 0 Å². The third-order valence-electron chi connectivity index (χ3n) is 4.67. The van der Waals surface area contributed by atoms with E-state index in [0.717, 1.165) is 29.5 Å². The molecule has 1 heterocycles. The molecule has 1 aromatic heterocycles. The van der Waals surface area contributed by atoms with Gasteiger partial charge >= 0.3 is 0 Å². The van der Waals surface area contributed by atoms with E-state index < -0.39 is 23.6 Å². The summed E-state index contributed by atoms with van der Waals surface area (Å²) in [4.78, 5) is 30.5. The topological polar surface area (TPSA) is 71.1 Å². The summed E-state index contributed by atoms with van der Waals surface area (Å²) >= 11 is 1.43. The minimum Gasteiger partial charge on any atom is -0.344 e. The molecular formula is C23H31F2N3O2S. The molecule has 2 atom stereocenters. The van der Waals surface area contributed by atoms with Crippen LogP contribution in [-0.4, -0.2) is 22.8 Å². The number of hydrogen-bond donors (Lipinski definition) is 2. The number of thiazole rings is 1. The normalized spacial score (nSPS) is 13.5. The molecular weight excluding hydrogens is 420 g/mol. The summed E-state index contributed by atoms with van der Waals surface area (Å²) in [6, 6.07) is 2.20. The van der Waals surface area contributed by atoms with Gasteiger partial charge in [0.05, 0.1) is 6.42 Å². The Morgan fingerprint density at radius 1 is 1.16 bits per heavy atom. The van der Waals surface area contributed by atoms with Crippen molar-refractivity contribution < 1.29 is 18.4 Å². The van der Waals surface area contributed by atoms with Gasteiger partial charge in [0, 0.05) is 17.1 Å². The van der Waals surface area contributed by atoms with Gasteiger partial charge in [-0.1, -0.05) is 41.0 Å². The fourth-order valence-electron chi connectivity index (χ4n) is 3.49. The summed E-state index contributed by atoms with van der Waals surface area (Å²) < 4.78 is 26.7. The van der Waals surface area contributed by atoms with Crippen LogP contribution in [0.1, 0.15) is 70.2 Å². The van der Waals surface area contributed by atoms with Gasteiger partial charge in [-0.3, -0.25) is 9.59 Å². The Labute approximate surface area is 186 Å². The van der Waals surface area contributed by atoms with Gasteiger partial charge < -0.3 is 10.6 Å². The molecule has 170 valence electrons. The highest BCUT2D eigenvalue weighted by molar-refractivity contribution is 7.15. The maximum atomic E-state index is 13.3. The number of nitrogens with one attached hydrogen (secondary N) is 2. The number of anilines is 1. The maximum Gasteiger partial charge on any atom is 0.248 e. The van der Waals surface area contributed by atoms with Crippen LogP contribution >= 0.6 is 11.3 Å². The summed E-state index contributed by atoms with van der Waals surface area (Å²) in [7, 11) is 0. The van der Waals surface area contributed by atoms with Gasteiger partial charge in [0.15, 0.2) is 5.13 Å². The number of rotatable bonds is 9. The van der Waals surface area contributed by atoms with E-state index in [1.54, 1.807) is 6.20 Å². The number of hydrogen-bond acceptors (Lipinski definition) is 4. The van der Waals surface area contributed by atoms with Crippen molar-refractivity contribution in [3.05, 3.63) is 46.5 Å². The predicted octanol–water partition coefficient (Wildman–Crippen LogP) is 5.43. The Balaban J connectivity index is 1.99. The highest BCUT2D eigenvalue weighted by Gasteiger charge is 2.23. The van der Waals surface area contributed by atoms with Crippen molar-refractivity contribution in [2.75, 3.05) is 5.32 Å². The second-order valence-corrected chi connectivity index (χ2v) is 10.1. The van der Waals surface area contributed by atoms with Crippen LogP contribution in [0.5, 0.6) is 0 Å². The zero-order valence-electron chi connectivity index (χ0n) is 18.7. The third kappa shape index (κ3) is 8.36. The Kier molecular flexibility index (Phi) is 8.68. The SMILES string of the molecule is CCC[C@H](NC(=O)Cc1cc(F)cc(F)c1)C(=O)Nc1ncc(C(C)CC(C)(C)C)s1. The first-order valence-corrected chi connectivity index (χ1v) is 11.3. The summed E-state index contributed by atoms with van der Waals surface area (Å²) in [6.45, 7) is 10.6. The van der Waals surface area contributed by atoms with Gasteiger partial charge in [0.25, 0.3) is 0 Å². The lowest BCUT2D eigenvalue weighted by molar-refractivity contribution is -0.126. The molecule has 0 saturated carbocycles. The quantitative estimate of drug-likeness (QED) is 0.534. The molecule has 2 rings (SSSR count). The second kappa shape index (κ2) is 10.8. The number of benzene rings is 1. The minimum atomic E-state index is -0.754. The molecule has 0 aliphatic heterocycles. The van der Waals surface area contributed by atoms with Crippen LogP contribution in [0, 0.1) is 17.0 Å². The van der Waals surface area contributed by atoms with E-state index >= 15 is 0 Å². The molecule has 31 heavy (non-hydrogen) atoms. The van der Waals surface area contributed by atoms with Crippen molar-refractivity contribution in [2.24, 2.45) is 5.41 Å². The molecule has 0 aliphatic carbocycles. The molecule has 0 spiro atoms. The molecule has 0 saturated heterocycles. The Morgan fingerprint density at radius 2 is 1.81 bits per heavy atom. The van der Waals surface area contributed by atoms with Gasteiger partial charge in [0.2, 0.25) is 11.8 Å². The summed E-state index contributed by atoms with van der Waals surface area (Å²) in [5.74, 6) is -2.00. The lowest BCUT2D eigenvalue weighted by Gasteiger charge is -2.22. The number of halogens is 2. The van der Waals surface area contributed by atoms with Crippen LogP contribution in [-0.2, 0) is 16.0 Å². The van der Waals surface area contributed by atoms with E-state index in [-0.39, 0.29) is 23.3 Å². The average Bonchev–Trinajstić information content (AvgIpc) is 3.07. The van der Waals surface area contributed by atoms with Gasteiger partial charge in [-0.15, -0.1) is 11.3 Å². The lowest BCUT2D eigenvalue weighted by atomic mass is 9.85. The van der Waals surface area contributed by atoms with Gasteiger partial charge in [0.1, 0.15) is 17.7 Å². The minimum absolute atomic E-state index is 0.188. The van der Waals surface area contributed by atoms with Gasteiger partial charge in [-0.25, -0.2) is 13.8 Å². The highest BCUT2D eigenvalue weighted by Crippen LogP contribution is 2.34. The molecule has 1 aromatic carbocycles. The number of aromatic nitrogens is 1. The van der Waals surface area contributed by atoms with E-state index in [1.807, 2.05) is 6.92 Å². The number of amides is 2.